The summed E-state index contributed by atoms with van der Waals surface area (Å²) < 4.78 is 7.18. The van der Waals surface area contributed by atoms with Crippen LogP contribution in [0.2, 0.25) is 0 Å². The third kappa shape index (κ3) is 4.10. The van der Waals surface area contributed by atoms with Crippen molar-refractivity contribution < 1.29 is 14.3 Å². The summed E-state index contributed by atoms with van der Waals surface area (Å²) in [6.45, 7) is 4.00. The van der Waals surface area contributed by atoms with E-state index in [1.165, 1.54) is 7.11 Å². The molecule has 0 atom stereocenters. The van der Waals surface area contributed by atoms with E-state index in [2.05, 4.69) is 28.1 Å². The van der Waals surface area contributed by atoms with Gasteiger partial charge in [0, 0.05) is 24.9 Å². The molecule has 7 nitrogen and oxygen atoms in total. The lowest BCUT2D eigenvalue weighted by molar-refractivity contribution is -0.121. The predicted molar refractivity (Wildman–Crippen MR) is 136 cm³/mol. The van der Waals surface area contributed by atoms with Crippen molar-refractivity contribution in [1.82, 2.24) is 15.0 Å². The molecule has 176 valence electrons. The van der Waals surface area contributed by atoms with Crippen LogP contribution in [0.1, 0.15) is 47.1 Å². The number of esters is 1. The number of rotatable bonds is 5. The zero-order valence-corrected chi connectivity index (χ0v) is 20.0. The van der Waals surface area contributed by atoms with Gasteiger partial charge in [-0.05, 0) is 53.4 Å². The zero-order valence-electron chi connectivity index (χ0n) is 20.0. The van der Waals surface area contributed by atoms with Crippen molar-refractivity contribution in [2.24, 2.45) is 5.10 Å². The summed E-state index contributed by atoms with van der Waals surface area (Å²) >= 11 is 0. The Hall–Kier alpha value is -4.26. The minimum Gasteiger partial charge on any atom is -0.465 e. The van der Waals surface area contributed by atoms with Gasteiger partial charge in [-0.2, -0.15) is 5.10 Å². The van der Waals surface area contributed by atoms with Crippen molar-refractivity contribution in [1.29, 1.82) is 0 Å². The van der Waals surface area contributed by atoms with Gasteiger partial charge in [0.05, 0.1) is 29.4 Å². The van der Waals surface area contributed by atoms with E-state index in [1.54, 1.807) is 0 Å². The second-order valence-electron chi connectivity index (χ2n) is 8.55. The highest BCUT2D eigenvalue weighted by Crippen LogP contribution is 2.30. The number of fused-ring (bicyclic) bond motifs is 1. The SMILES string of the molecule is CCc1nc2ccc(C3=NNC(=O)CC3)cc2n1-c1ccc(-c2cccc(C)c2C(=O)OC)cc1. The molecule has 4 aromatic rings. The Labute approximate surface area is 203 Å². The highest BCUT2D eigenvalue weighted by molar-refractivity contribution is 6.06. The summed E-state index contributed by atoms with van der Waals surface area (Å²) in [4.78, 5) is 28.8. The smallest absolute Gasteiger partial charge is 0.338 e. The van der Waals surface area contributed by atoms with Gasteiger partial charge < -0.3 is 4.74 Å². The first-order valence-corrected chi connectivity index (χ1v) is 11.7. The fraction of sp³-hybridized carbons (Fsp3) is 0.214. The number of nitrogens with zero attached hydrogens (tertiary/aromatic N) is 3. The van der Waals surface area contributed by atoms with Gasteiger partial charge in [-0.15, -0.1) is 0 Å². The maximum absolute atomic E-state index is 12.4. The number of benzene rings is 3. The quantitative estimate of drug-likeness (QED) is 0.421. The van der Waals surface area contributed by atoms with Crippen molar-refractivity contribution in [2.45, 2.75) is 33.1 Å². The van der Waals surface area contributed by atoms with Crippen LogP contribution in [0.3, 0.4) is 0 Å². The van der Waals surface area contributed by atoms with Crippen LogP contribution in [-0.4, -0.2) is 34.2 Å². The van der Waals surface area contributed by atoms with Crippen LogP contribution in [0, 0.1) is 6.92 Å². The molecule has 0 spiro atoms. The molecule has 1 N–H and O–H groups in total. The Morgan fingerprint density at radius 2 is 1.83 bits per heavy atom. The number of carbonyl (C=O) groups excluding carboxylic acids is 2. The lowest BCUT2D eigenvalue weighted by Gasteiger charge is -2.14. The third-order valence-electron chi connectivity index (χ3n) is 6.38. The van der Waals surface area contributed by atoms with Gasteiger partial charge in [0.15, 0.2) is 0 Å². The Bertz CT molecular complexity index is 1480. The molecule has 35 heavy (non-hydrogen) atoms. The monoisotopic (exact) mass is 466 g/mol. The van der Waals surface area contributed by atoms with Gasteiger partial charge in [-0.25, -0.2) is 15.2 Å². The van der Waals surface area contributed by atoms with Gasteiger partial charge in [0.25, 0.3) is 0 Å². The van der Waals surface area contributed by atoms with Crippen LogP contribution < -0.4 is 5.43 Å². The van der Waals surface area contributed by atoms with Crippen LogP contribution in [-0.2, 0) is 16.0 Å². The molecule has 1 aliphatic heterocycles. The number of ether oxygens (including phenoxy) is 1. The Kier molecular flexibility index (Phi) is 5.91. The molecule has 1 aromatic heterocycles. The molecular weight excluding hydrogens is 440 g/mol. The standard InChI is InChI=1S/C28H26N4O3/c1-4-25-29-23-13-10-19(22-14-15-26(33)31-30-22)16-24(23)32(25)20-11-8-18(9-12-20)21-7-5-6-17(2)27(21)28(34)35-3/h5-13,16H,4,14-15H2,1-3H3,(H,31,33). The number of carbonyl (C=O) groups is 2. The number of hydrogen-bond acceptors (Lipinski definition) is 5. The maximum atomic E-state index is 12.4. The molecule has 1 amide bonds. The minimum atomic E-state index is -0.342. The normalized spacial score (nSPS) is 13.5. The second-order valence-corrected chi connectivity index (χ2v) is 8.55. The summed E-state index contributed by atoms with van der Waals surface area (Å²) in [5.74, 6) is 0.553. The molecule has 0 radical (unpaired) electrons. The van der Waals surface area contributed by atoms with E-state index in [4.69, 9.17) is 9.72 Å². The fourth-order valence-corrected chi connectivity index (χ4v) is 4.58. The second kappa shape index (κ2) is 9.18. The van der Waals surface area contributed by atoms with E-state index < -0.39 is 0 Å². The van der Waals surface area contributed by atoms with Crippen LogP contribution in [0.25, 0.3) is 27.8 Å². The number of methoxy groups -OCH3 is 1. The number of amides is 1. The van der Waals surface area contributed by atoms with Crippen molar-refractivity contribution >= 4 is 28.6 Å². The van der Waals surface area contributed by atoms with Gasteiger partial charge >= 0.3 is 5.97 Å². The average Bonchev–Trinajstić information content (AvgIpc) is 3.26. The van der Waals surface area contributed by atoms with Crippen molar-refractivity contribution in [3.05, 3.63) is 83.2 Å². The Morgan fingerprint density at radius 3 is 2.51 bits per heavy atom. The Morgan fingerprint density at radius 1 is 1.06 bits per heavy atom. The molecule has 5 rings (SSSR count). The van der Waals surface area contributed by atoms with E-state index >= 15 is 0 Å². The first-order valence-electron chi connectivity index (χ1n) is 11.7. The molecule has 0 unspecified atom stereocenters. The van der Waals surface area contributed by atoms with Crippen LogP contribution >= 0.6 is 0 Å². The first-order chi connectivity index (χ1) is 17.0. The molecule has 2 heterocycles. The van der Waals surface area contributed by atoms with Crippen LogP contribution in [0.5, 0.6) is 0 Å². The summed E-state index contributed by atoms with van der Waals surface area (Å²) in [7, 11) is 1.40. The number of hydrogen-bond donors (Lipinski definition) is 1. The molecule has 0 saturated heterocycles. The van der Waals surface area contributed by atoms with Crippen LogP contribution in [0.4, 0.5) is 0 Å². The summed E-state index contributed by atoms with van der Waals surface area (Å²) in [5.41, 5.74) is 10.5. The molecule has 3 aromatic carbocycles. The van der Waals surface area contributed by atoms with E-state index in [0.717, 1.165) is 56.9 Å². The Balaban J connectivity index is 1.58. The lowest BCUT2D eigenvalue weighted by atomic mass is 9.96. The van der Waals surface area contributed by atoms with Gasteiger partial charge in [-0.1, -0.05) is 43.3 Å². The number of hydrazone groups is 1. The fourth-order valence-electron chi connectivity index (χ4n) is 4.58. The molecule has 1 aliphatic rings. The topological polar surface area (TPSA) is 85.6 Å². The average molecular weight is 467 g/mol. The molecular formula is C28H26N4O3. The van der Waals surface area contributed by atoms with Crippen molar-refractivity contribution in [3.63, 3.8) is 0 Å². The lowest BCUT2D eigenvalue weighted by Crippen LogP contribution is -2.25. The number of nitrogens with one attached hydrogen (secondary N) is 1. The maximum Gasteiger partial charge on any atom is 0.338 e. The highest BCUT2D eigenvalue weighted by atomic mass is 16.5. The summed E-state index contributed by atoms with van der Waals surface area (Å²) in [5, 5.41) is 4.25. The molecule has 7 heteroatoms. The first kappa shape index (κ1) is 22.5. The van der Waals surface area contributed by atoms with Crippen molar-refractivity contribution in [3.8, 4) is 16.8 Å². The third-order valence-corrected chi connectivity index (χ3v) is 6.38. The van der Waals surface area contributed by atoms with Crippen molar-refractivity contribution in [2.75, 3.05) is 7.11 Å². The minimum absolute atomic E-state index is 0.0582. The summed E-state index contributed by atoms with van der Waals surface area (Å²) in [6, 6.07) is 20.0. The van der Waals surface area contributed by atoms with E-state index in [1.807, 2.05) is 61.5 Å². The number of aromatic nitrogens is 2. The number of imidazole rings is 1. The number of aryl methyl sites for hydroxylation is 2. The summed E-state index contributed by atoms with van der Waals surface area (Å²) in [6.07, 6.45) is 1.82. The van der Waals surface area contributed by atoms with E-state index in [-0.39, 0.29) is 11.9 Å². The zero-order chi connectivity index (χ0) is 24.5. The highest BCUT2D eigenvalue weighted by Gasteiger charge is 2.18. The van der Waals surface area contributed by atoms with E-state index in [0.29, 0.717) is 18.4 Å². The molecule has 0 fully saturated rings. The van der Waals surface area contributed by atoms with Gasteiger partial charge in [0.1, 0.15) is 5.82 Å². The predicted octanol–water partition coefficient (Wildman–Crippen LogP) is 4.96. The van der Waals surface area contributed by atoms with Gasteiger partial charge in [0.2, 0.25) is 5.91 Å². The molecule has 0 aliphatic carbocycles. The molecule has 0 saturated carbocycles. The van der Waals surface area contributed by atoms with E-state index in [9.17, 15) is 9.59 Å². The van der Waals surface area contributed by atoms with Gasteiger partial charge in [-0.3, -0.25) is 9.36 Å². The largest absolute Gasteiger partial charge is 0.465 e. The molecule has 0 bridgehead atoms. The van der Waals surface area contributed by atoms with Crippen LogP contribution in [0.15, 0.2) is 65.8 Å².